The molecule has 1 saturated heterocycles. The highest BCUT2D eigenvalue weighted by molar-refractivity contribution is 5.76. The fourth-order valence-corrected chi connectivity index (χ4v) is 2.79. The lowest BCUT2D eigenvalue weighted by molar-refractivity contribution is -0.123. The van der Waals surface area contributed by atoms with Gasteiger partial charge in [0.2, 0.25) is 5.91 Å². The molecule has 2 aliphatic rings. The second-order valence-corrected chi connectivity index (χ2v) is 4.96. The molecule has 0 aromatic carbocycles. The smallest absolute Gasteiger partial charge is 0.220 e. The van der Waals surface area contributed by atoms with E-state index in [1.807, 2.05) is 0 Å². The van der Waals surface area contributed by atoms with Crippen molar-refractivity contribution in [1.29, 1.82) is 0 Å². The summed E-state index contributed by atoms with van der Waals surface area (Å²) in [4.78, 5) is 11.8. The van der Waals surface area contributed by atoms with Gasteiger partial charge in [0.05, 0.1) is 12.1 Å². The average Bonchev–Trinajstić information content (AvgIpc) is 2.88. The second kappa shape index (κ2) is 5.64. The Hall–Kier alpha value is -0.610. The Labute approximate surface area is 97.1 Å². The van der Waals surface area contributed by atoms with Crippen LogP contribution in [0.2, 0.25) is 0 Å². The van der Waals surface area contributed by atoms with E-state index in [9.17, 15) is 4.79 Å². The quantitative estimate of drug-likeness (QED) is 0.741. The molecule has 92 valence electrons. The maximum Gasteiger partial charge on any atom is 0.220 e. The van der Waals surface area contributed by atoms with Crippen molar-refractivity contribution in [2.24, 2.45) is 5.92 Å². The number of nitrogens with one attached hydrogen (secondary N) is 2. The van der Waals surface area contributed by atoms with Crippen LogP contribution in [0.3, 0.4) is 0 Å². The maximum atomic E-state index is 11.8. The topological polar surface area (TPSA) is 50.4 Å². The van der Waals surface area contributed by atoms with Gasteiger partial charge in [-0.3, -0.25) is 4.79 Å². The summed E-state index contributed by atoms with van der Waals surface area (Å²) in [6, 6.07) is 0.152. The van der Waals surface area contributed by atoms with Crippen molar-refractivity contribution < 1.29 is 9.53 Å². The van der Waals surface area contributed by atoms with E-state index in [-0.39, 0.29) is 18.1 Å². The Morgan fingerprint density at radius 3 is 2.81 bits per heavy atom. The molecule has 0 spiro atoms. The largest absolute Gasteiger partial charge is 0.378 e. The Morgan fingerprint density at radius 1 is 1.38 bits per heavy atom. The molecular formula is C12H22N2O2. The van der Waals surface area contributed by atoms with E-state index < -0.39 is 0 Å². The van der Waals surface area contributed by atoms with Crippen LogP contribution in [0.5, 0.6) is 0 Å². The third-order valence-corrected chi connectivity index (χ3v) is 3.76. The van der Waals surface area contributed by atoms with Gasteiger partial charge in [-0.25, -0.2) is 0 Å². The van der Waals surface area contributed by atoms with Crippen molar-refractivity contribution in [3.05, 3.63) is 0 Å². The number of ether oxygens (including phenoxy) is 1. The zero-order chi connectivity index (χ0) is 11.4. The molecule has 2 rings (SSSR count). The van der Waals surface area contributed by atoms with Crippen LogP contribution in [0.1, 0.15) is 32.1 Å². The summed E-state index contributed by atoms with van der Waals surface area (Å²) in [6.07, 6.45) is 5.88. The fourth-order valence-electron chi connectivity index (χ4n) is 2.79. The number of amides is 1. The highest BCUT2D eigenvalue weighted by atomic mass is 16.5. The highest BCUT2D eigenvalue weighted by Crippen LogP contribution is 2.27. The Bertz CT molecular complexity index is 239. The minimum absolute atomic E-state index is 0.132. The molecular weight excluding hydrogens is 204 g/mol. The normalized spacial score (nSPS) is 30.8. The van der Waals surface area contributed by atoms with E-state index in [0.717, 1.165) is 13.1 Å². The first-order valence-electron chi connectivity index (χ1n) is 6.32. The molecule has 0 radical (unpaired) electrons. The molecule has 1 unspecified atom stereocenters. The Morgan fingerprint density at radius 2 is 2.12 bits per heavy atom. The molecule has 1 aliphatic heterocycles. The van der Waals surface area contributed by atoms with E-state index >= 15 is 0 Å². The van der Waals surface area contributed by atoms with Gasteiger partial charge in [0.1, 0.15) is 0 Å². The van der Waals surface area contributed by atoms with Crippen LogP contribution < -0.4 is 10.6 Å². The first-order valence-corrected chi connectivity index (χ1v) is 6.32. The van der Waals surface area contributed by atoms with Gasteiger partial charge in [0, 0.05) is 26.6 Å². The molecule has 0 aromatic heterocycles. The molecule has 1 saturated carbocycles. The number of rotatable bonds is 4. The number of carbonyl (C=O) groups excluding carboxylic acids is 1. The first-order chi connectivity index (χ1) is 7.79. The third-order valence-electron chi connectivity index (χ3n) is 3.76. The molecule has 1 amide bonds. The predicted octanol–water partition coefficient (Wildman–Crippen LogP) is 0.670. The molecule has 2 atom stereocenters. The maximum absolute atomic E-state index is 11.8. The van der Waals surface area contributed by atoms with Gasteiger partial charge in [0.15, 0.2) is 0 Å². The standard InChI is InChI=1S/C12H22N2O2/c1-16-11-8-13-7-10(11)14-12(15)6-9-4-2-3-5-9/h9-11,13H,2-8H2,1H3,(H,14,15)/t10?,11-/m0/s1. The first kappa shape index (κ1) is 11.9. The van der Waals surface area contributed by atoms with Gasteiger partial charge in [-0.2, -0.15) is 0 Å². The van der Waals surface area contributed by atoms with E-state index in [1.165, 1.54) is 25.7 Å². The SMILES string of the molecule is CO[C@H]1CNCC1NC(=O)CC1CCCC1. The molecule has 0 aromatic rings. The highest BCUT2D eigenvalue weighted by Gasteiger charge is 2.29. The monoisotopic (exact) mass is 226 g/mol. The van der Waals surface area contributed by atoms with E-state index in [0.29, 0.717) is 12.3 Å². The van der Waals surface area contributed by atoms with Crippen LogP contribution in [-0.2, 0) is 9.53 Å². The van der Waals surface area contributed by atoms with E-state index in [4.69, 9.17) is 4.74 Å². The van der Waals surface area contributed by atoms with Crippen LogP contribution >= 0.6 is 0 Å². The molecule has 2 N–H and O–H groups in total. The van der Waals surface area contributed by atoms with Crippen molar-refractivity contribution in [3.63, 3.8) is 0 Å². The molecule has 4 nitrogen and oxygen atoms in total. The summed E-state index contributed by atoms with van der Waals surface area (Å²) in [6.45, 7) is 1.67. The van der Waals surface area contributed by atoms with Crippen molar-refractivity contribution in [1.82, 2.24) is 10.6 Å². The molecule has 4 heteroatoms. The number of hydrogen-bond donors (Lipinski definition) is 2. The molecule has 1 aliphatic carbocycles. The summed E-state index contributed by atoms with van der Waals surface area (Å²) in [5.74, 6) is 0.818. The van der Waals surface area contributed by atoms with Gasteiger partial charge in [0.25, 0.3) is 0 Å². The summed E-state index contributed by atoms with van der Waals surface area (Å²) in [5, 5.41) is 6.31. The van der Waals surface area contributed by atoms with Crippen molar-refractivity contribution in [3.8, 4) is 0 Å². The second-order valence-electron chi connectivity index (χ2n) is 4.96. The Balaban J connectivity index is 1.73. The van der Waals surface area contributed by atoms with E-state index in [2.05, 4.69) is 10.6 Å². The summed E-state index contributed by atoms with van der Waals surface area (Å²) < 4.78 is 5.32. The lowest BCUT2D eigenvalue weighted by Gasteiger charge is -2.19. The minimum Gasteiger partial charge on any atom is -0.378 e. The van der Waals surface area contributed by atoms with Crippen LogP contribution in [0.4, 0.5) is 0 Å². The van der Waals surface area contributed by atoms with Crippen LogP contribution in [0.25, 0.3) is 0 Å². The van der Waals surface area contributed by atoms with Crippen LogP contribution in [0.15, 0.2) is 0 Å². The average molecular weight is 226 g/mol. The lowest BCUT2D eigenvalue weighted by Crippen LogP contribution is -2.43. The van der Waals surface area contributed by atoms with Gasteiger partial charge < -0.3 is 15.4 Å². The predicted molar refractivity (Wildman–Crippen MR) is 62.2 cm³/mol. The Kier molecular flexibility index (Phi) is 4.18. The molecule has 16 heavy (non-hydrogen) atoms. The minimum atomic E-state index is 0.132. The summed E-state index contributed by atoms with van der Waals surface area (Å²) in [5.41, 5.74) is 0. The van der Waals surface area contributed by atoms with E-state index in [1.54, 1.807) is 7.11 Å². The fraction of sp³-hybridized carbons (Fsp3) is 0.917. The summed E-state index contributed by atoms with van der Waals surface area (Å²) >= 11 is 0. The van der Waals surface area contributed by atoms with Gasteiger partial charge in [-0.1, -0.05) is 12.8 Å². The third kappa shape index (κ3) is 2.95. The van der Waals surface area contributed by atoms with Gasteiger partial charge in [-0.15, -0.1) is 0 Å². The molecule has 1 heterocycles. The zero-order valence-electron chi connectivity index (χ0n) is 10.00. The van der Waals surface area contributed by atoms with Crippen molar-refractivity contribution in [2.45, 2.75) is 44.2 Å². The number of carbonyl (C=O) groups is 1. The van der Waals surface area contributed by atoms with Crippen LogP contribution in [0, 0.1) is 5.92 Å². The van der Waals surface area contributed by atoms with Crippen molar-refractivity contribution in [2.75, 3.05) is 20.2 Å². The van der Waals surface area contributed by atoms with Gasteiger partial charge in [-0.05, 0) is 18.8 Å². The van der Waals surface area contributed by atoms with Gasteiger partial charge >= 0.3 is 0 Å². The summed E-state index contributed by atoms with van der Waals surface area (Å²) in [7, 11) is 1.70. The van der Waals surface area contributed by atoms with Crippen molar-refractivity contribution >= 4 is 5.91 Å². The number of hydrogen-bond acceptors (Lipinski definition) is 3. The van der Waals surface area contributed by atoms with Crippen LogP contribution in [-0.4, -0.2) is 38.3 Å². The lowest BCUT2D eigenvalue weighted by atomic mass is 10.0. The molecule has 0 bridgehead atoms. The zero-order valence-corrected chi connectivity index (χ0v) is 10.00. The number of methoxy groups -OCH3 is 1. The molecule has 2 fully saturated rings.